The zero-order chi connectivity index (χ0) is 17.2. The Balaban J connectivity index is 2.24. The number of amides is 2. The van der Waals surface area contributed by atoms with E-state index < -0.39 is 23.7 Å². The van der Waals surface area contributed by atoms with Crippen LogP contribution in [0.4, 0.5) is 13.2 Å². The van der Waals surface area contributed by atoms with Gasteiger partial charge in [-0.15, -0.1) is 0 Å². The third-order valence-corrected chi connectivity index (χ3v) is 3.87. The van der Waals surface area contributed by atoms with Crippen LogP contribution in [-0.4, -0.2) is 47.8 Å². The molecule has 1 aromatic carbocycles. The summed E-state index contributed by atoms with van der Waals surface area (Å²) in [6, 6.07) is 4.35. The van der Waals surface area contributed by atoms with Gasteiger partial charge in [-0.1, -0.05) is 12.1 Å². The van der Waals surface area contributed by atoms with Crippen molar-refractivity contribution < 1.29 is 22.8 Å². The van der Waals surface area contributed by atoms with Gasteiger partial charge in [-0.2, -0.15) is 13.2 Å². The fourth-order valence-electron chi connectivity index (χ4n) is 2.76. The Hall–Kier alpha value is -2.09. The molecule has 2 N–H and O–H groups in total. The first kappa shape index (κ1) is 17.3. The maximum atomic E-state index is 12.6. The molecule has 0 aromatic heterocycles. The molecule has 23 heavy (non-hydrogen) atoms. The summed E-state index contributed by atoms with van der Waals surface area (Å²) in [4.78, 5) is 26.2. The van der Waals surface area contributed by atoms with E-state index >= 15 is 0 Å². The number of carbonyl (C=O) groups is 2. The molecule has 0 unspecified atom stereocenters. The Bertz CT molecular complexity index is 587. The van der Waals surface area contributed by atoms with Crippen molar-refractivity contribution in [3.8, 4) is 0 Å². The molecule has 1 fully saturated rings. The quantitative estimate of drug-likeness (QED) is 0.911. The highest BCUT2D eigenvalue weighted by Crippen LogP contribution is 2.31. The summed E-state index contributed by atoms with van der Waals surface area (Å²) in [5.74, 6) is -0.638. The fraction of sp³-hybridized carbons (Fsp3) is 0.467. The maximum absolute atomic E-state index is 12.6. The normalized spacial score (nSPS) is 19.7. The second kappa shape index (κ2) is 6.57. The molecule has 8 heteroatoms. The zero-order valence-corrected chi connectivity index (χ0v) is 12.6. The molecule has 0 saturated carbocycles. The summed E-state index contributed by atoms with van der Waals surface area (Å²) >= 11 is 0. The minimum atomic E-state index is -4.40. The lowest BCUT2D eigenvalue weighted by Gasteiger charge is -2.41. The topological polar surface area (TPSA) is 66.6 Å². The third kappa shape index (κ3) is 4.22. The smallest absolute Gasteiger partial charge is 0.369 e. The number of rotatable bonds is 3. The van der Waals surface area contributed by atoms with Crippen molar-refractivity contribution in [2.75, 3.05) is 26.2 Å². The zero-order valence-electron chi connectivity index (χ0n) is 12.6. The number of halogens is 3. The predicted octanol–water partition coefficient (Wildman–Crippen LogP) is 1.40. The Morgan fingerprint density at radius 1 is 1.22 bits per heavy atom. The van der Waals surface area contributed by atoms with Crippen molar-refractivity contribution in [3.63, 3.8) is 0 Å². The van der Waals surface area contributed by atoms with E-state index in [1.165, 1.54) is 19.1 Å². The van der Waals surface area contributed by atoms with Crippen molar-refractivity contribution in [2.24, 2.45) is 5.73 Å². The minimum Gasteiger partial charge on any atom is -0.369 e. The first-order valence-electron chi connectivity index (χ1n) is 7.13. The number of carbonyl (C=O) groups excluding carboxylic acids is 2. The molecule has 0 radical (unpaired) electrons. The van der Waals surface area contributed by atoms with Gasteiger partial charge < -0.3 is 10.6 Å². The molecule has 1 aliphatic heterocycles. The van der Waals surface area contributed by atoms with Gasteiger partial charge in [0.15, 0.2) is 0 Å². The summed E-state index contributed by atoms with van der Waals surface area (Å²) in [6.45, 7) is 2.73. The van der Waals surface area contributed by atoms with E-state index in [0.717, 1.165) is 12.1 Å². The molecule has 126 valence electrons. The molecule has 2 amide bonds. The largest absolute Gasteiger partial charge is 0.416 e. The standard InChI is InChI=1S/C15H18F3N3O2/c1-10(22)21-7-6-20(9-14(19)23)8-13(21)11-2-4-12(5-3-11)15(16,17)18/h2-5,13H,6-9H2,1H3,(H2,19,23)/t13-/m0/s1. The summed E-state index contributed by atoms with van der Waals surface area (Å²) in [5.41, 5.74) is 5.05. The first-order chi connectivity index (χ1) is 10.7. The van der Waals surface area contributed by atoms with Gasteiger partial charge in [-0.25, -0.2) is 0 Å². The number of primary amides is 1. The van der Waals surface area contributed by atoms with Crippen LogP contribution in [0.15, 0.2) is 24.3 Å². The van der Waals surface area contributed by atoms with Gasteiger partial charge in [-0.05, 0) is 17.7 Å². The van der Waals surface area contributed by atoms with Crippen molar-refractivity contribution >= 4 is 11.8 Å². The van der Waals surface area contributed by atoms with E-state index in [1.54, 1.807) is 9.80 Å². The molecule has 1 aromatic rings. The van der Waals surface area contributed by atoms with E-state index in [-0.39, 0.29) is 12.5 Å². The Morgan fingerprint density at radius 3 is 2.30 bits per heavy atom. The maximum Gasteiger partial charge on any atom is 0.416 e. The van der Waals surface area contributed by atoms with Crippen LogP contribution in [0.3, 0.4) is 0 Å². The van der Waals surface area contributed by atoms with Crippen molar-refractivity contribution in [1.82, 2.24) is 9.80 Å². The van der Waals surface area contributed by atoms with E-state index in [9.17, 15) is 22.8 Å². The van der Waals surface area contributed by atoms with Crippen LogP contribution in [0.1, 0.15) is 24.1 Å². The van der Waals surface area contributed by atoms with E-state index in [4.69, 9.17) is 5.73 Å². The molecule has 1 aliphatic rings. The van der Waals surface area contributed by atoms with E-state index in [2.05, 4.69) is 0 Å². The average Bonchev–Trinajstić information content (AvgIpc) is 2.45. The number of hydrogen-bond donors (Lipinski definition) is 1. The first-order valence-corrected chi connectivity index (χ1v) is 7.13. The monoisotopic (exact) mass is 329 g/mol. The van der Waals surface area contributed by atoms with Crippen molar-refractivity contribution in [2.45, 2.75) is 19.1 Å². The SMILES string of the molecule is CC(=O)N1CCN(CC(N)=O)C[C@H]1c1ccc(C(F)(F)F)cc1. The number of hydrogen-bond acceptors (Lipinski definition) is 3. The van der Waals surface area contributed by atoms with Crippen LogP contribution >= 0.6 is 0 Å². The lowest BCUT2D eigenvalue weighted by atomic mass is 10.0. The van der Waals surface area contributed by atoms with Gasteiger partial charge in [0, 0.05) is 26.6 Å². The highest BCUT2D eigenvalue weighted by molar-refractivity contribution is 5.76. The molecule has 1 heterocycles. The number of nitrogens with two attached hydrogens (primary N) is 1. The highest BCUT2D eigenvalue weighted by Gasteiger charge is 2.33. The lowest BCUT2D eigenvalue weighted by Crippen LogP contribution is -2.51. The van der Waals surface area contributed by atoms with Crippen molar-refractivity contribution in [3.05, 3.63) is 35.4 Å². The van der Waals surface area contributed by atoms with Crippen LogP contribution in [-0.2, 0) is 15.8 Å². The number of piperazine rings is 1. The molecule has 1 atom stereocenters. The van der Waals surface area contributed by atoms with Gasteiger partial charge >= 0.3 is 6.18 Å². The minimum absolute atomic E-state index is 0.0584. The van der Waals surface area contributed by atoms with Gasteiger partial charge in [0.25, 0.3) is 0 Å². The summed E-state index contributed by atoms with van der Waals surface area (Å²) in [5, 5.41) is 0. The van der Waals surface area contributed by atoms with Crippen molar-refractivity contribution in [1.29, 1.82) is 0 Å². The van der Waals surface area contributed by atoms with Crippen LogP contribution in [0.25, 0.3) is 0 Å². The van der Waals surface area contributed by atoms with Gasteiger partial charge in [0.2, 0.25) is 11.8 Å². The lowest BCUT2D eigenvalue weighted by molar-refractivity contribution is -0.138. The molecule has 0 bridgehead atoms. The Labute approximate surface area is 131 Å². The molecular formula is C15H18F3N3O2. The third-order valence-electron chi connectivity index (χ3n) is 3.87. The van der Waals surface area contributed by atoms with E-state index in [1.807, 2.05) is 0 Å². The number of benzene rings is 1. The number of alkyl halides is 3. The molecule has 1 saturated heterocycles. The number of nitrogens with zero attached hydrogens (tertiary/aromatic N) is 2. The summed E-state index contributed by atoms with van der Waals surface area (Å²) in [7, 11) is 0. The van der Waals surface area contributed by atoms with E-state index in [0.29, 0.717) is 25.2 Å². The Morgan fingerprint density at radius 2 is 1.83 bits per heavy atom. The fourth-order valence-corrected chi connectivity index (χ4v) is 2.76. The predicted molar refractivity (Wildman–Crippen MR) is 77.2 cm³/mol. The summed E-state index contributed by atoms with van der Waals surface area (Å²) in [6.07, 6.45) is -4.40. The van der Waals surface area contributed by atoms with Crippen LogP contribution in [0.2, 0.25) is 0 Å². The van der Waals surface area contributed by atoms with Gasteiger partial charge in [-0.3, -0.25) is 14.5 Å². The summed E-state index contributed by atoms with van der Waals surface area (Å²) < 4.78 is 37.9. The average molecular weight is 329 g/mol. The molecule has 0 spiro atoms. The molecular weight excluding hydrogens is 311 g/mol. The van der Waals surface area contributed by atoms with Crippen LogP contribution < -0.4 is 5.73 Å². The Kier molecular flexibility index (Phi) is 4.93. The second-order valence-electron chi connectivity index (χ2n) is 5.55. The highest BCUT2D eigenvalue weighted by atomic mass is 19.4. The van der Waals surface area contributed by atoms with Gasteiger partial charge in [0.05, 0.1) is 18.2 Å². The molecule has 0 aliphatic carbocycles. The second-order valence-corrected chi connectivity index (χ2v) is 5.55. The molecule has 5 nitrogen and oxygen atoms in total. The van der Waals surface area contributed by atoms with Gasteiger partial charge in [0.1, 0.15) is 0 Å². The van der Waals surface area contributed by atoms with Crippen LogP contribution in [0, 0.1) is 0 Å². The molecule has 2 rings (SSSR count). The van der Waals surface area contributed by atoms with Crippen LogP contribution in [0.5, 0.6) is 0 Å².